The Balaban J connectivity index is 0.00000200. The summed E-state index contributed by atoms with van der Waals surface area (Å²) in [6, 6.07) is 8.08. The number of carbonyl (C=O) groups is 1. The molecular formula is C14H21ClIN3O. The van der Waals surface area contributed by atoms with Crippen LogP contribution in [0.2, 0.25) is 0 Å². The number of nitrogens with one attached hydrogen (secondary N) is 2. The van der Waals surface area contributed by atoms with Crippen molar-refractivity contribution in [3.8, 4) is 0 Å². The van der Waals surface area contributed by atoms with Crippen LogP contribution >= 0.6 is 35.0 Å². The summed E-state index contributed by atoms with van der Waals surface area (Å²) in [7, 11) is 0. The van der Waals surface area contributed by atoms with Crippen LogP contribution in [0.25, 0.3) is 0 Å². The molecule has 1 aliphatic heterocycles. The fraction of sp³-hybridized carbons (Fsp3) is 0.500. The second-order valence-electron chi connectivity index (χ2n) is 4.75. The average Bonchev–Trinajstić information content (AvgIpc) is 2.40. The molecule has 1 heterocycles. The summed E-state index contributed by atoms with van der Waals surface area (Å²) in [6.07, 6.45) is 0.471. The lowest BCUT2D eigenvalue weighted by Crippen LogP contribution is -2.46. The van der Waals surface area contributed by atoms with E-state index in [-0.39, 0.29) is 18.3 Å². The smallest absolute Gasteiger partial charge is 0.224 e. The van der Waals surface area contributed by atoms with Crippen molar-refractivity contribution in [2.45, 2.75) is 6.42 Å². The highest BCUT2D eigenvalue weighted by molar-refractivity contribution is 14.1. The number of rotatable bonds is 5. The van der Waals surface area contributed by atoms with E-state index in [9.17, 15) is 4.79 Å². The summed E-state index contributed by atoms with van der Waals surface area (Å²) in [5.41, 5.74) is 1.08. The molecule has 1 fully saturated rings. The number of carbonyl (C=O) groups excluding carboxylic acids is 1. The first-order valence-electron chi connectivity index (χ1n) is 6.68. The first kappa shape index (κ1) is 17.7. The number of amides is 1. The van der Waals surface area contributed by atoms with Crippen molar-refractivity contribution >= 4 is 40.9 Å². The van der Waals surface area contributed by atoms with Crippen molar-refractivity contribution in [2.75, 3.05) is 39.3 Å². The highest BCUT2D eigenvalue weighted by Crippen LogP contribution is 2.08. The van der Waals surface area contributed by atoms with Crippen molar-refractivity contribution in [1.82, 2.24) is 15.5 Å². The SMILES string of the molecule is Cl.O=C(Cc1cccc(I)c1)NCCN1CCNCC1. The van der Waals surface area contributed by atoms with Gasteiger partial charge in [-0.3, -0.25) is 9.69 Å². The Morgan fingerprint density at radius 3 is 2.80 bits per heavy atom. The quantitative estimate of drug-likeness (QED) is 0.720. The normalized spacial score (nSPS) is 15.4. The molecule has 0 saturated carbocycles. The van der Waals surface area contributed by atoms with Crippen LogP contribution in [0.1, 0.15) is 5.56 Å². The van der Waals surface area contributed by atoms with E-state index in [4.69, 9.17) is 0 Å². The third kappa shape index (κ3) is 6.39. The summed E-state index contributed by atoms with van der Waals surface area (Å²) < 4.78 is 1.17. The molecule has 112 valence electrons. The van der Waals surface area contributed by atoms with Gasteiger partial charge in [-0.05, 0) is 40.3 Å². The maximum atomic E-state index is 11.8. The molecule has 0 radical (unpaired) electrons. The lowest BCUT2D eigenvalue weighted by Gasteiger charge is -2.27. The molecule has 1 amide bonds. The highest BCUT2D eigenvalue weighted by atomic mass is 127. The molecule has 2 N–H and O–H groups in total. The molecule has 1 aliphatic rings. The maximum absolute atomic E-state index is 11.8. The van der Waals surface area contributed by atoms with Gasteiger partial charge in [0.1, 0.15) is 0 Å². The van der Waals surface area contributed by atoms with E-state index in [2.05, 4.69) is 44.2 Å². The molecule has 1 aromatic rings. The van der Waals surface area contributed by atoms with Crippen LogP contribution in [-0.2, 0) is 11.2 Å². The number of halogens is 2. The summed E-state index contributed by atoms with van der Waals surface area (Å²) in [6.45, 7) is 5.94. The molecule has 0 bridgehead atoms. The predicted molar refractivity (Wildman–Crippen MR) is 92.4 cm³/mol. The van der Waals surface area contributed by atoms with Crippen LogP contribution in [0.15, 0.2) is 24.3 Å². The van der Waals surface area contributed by atoms with Crippen LogP contribution in [0.5, 0.6) is 0 Å². The van der Waals surface area contributed by atoms with Crippen LogP contribution in [0.3, 0.4) is 0 Å². The van der Waals surface area contributed by atoms with Gasteiger partial charge >= 0.3 is 0 Å². The summed E-state index contributed by atoms with van der Waals surface area (Å²) in [5.74, 6) is 0.108. The third-order valence-corrected chi connectivity index (χ3v) is 3.88. The number of nitrogens with zero attached hydrogens (tertiary/aromatic N) is 1. The van der Waals surface area contributed by atoms with Gasteiger partial charge in [0.25, 0.3) is 0 Å². The largest absolute Gasteiger partial charge is 0.355 e. The second-order valence-corrected chi connectivity index (χ2v) is 5.99. The predicted octanol–water partition coefficient (Wildman–Crippen LogP) is 1.28. The molecule has 0 aliphatic carbocycles. The Hall–Kier alpha value is -0.370. The number of hydrogen-bond acceptors (Lipinski definition) is 3. The lowest BCUT2D eigenvalue weighted by molar-refractivity contribution is -0.120. The minimum absolute atomic E-state index is 0. The van der Waals surface area contributed by atoms with E-state index < -0.39 is 0 Å². The highest BCUT2D eigenvalue weighted by Gasteiger charge is 2.09. The lowest BCUT2D eigenvalue weighted by atomic mass is 10.1. The molecule has 0 atom stereocenters. The Bertz CT molecular complexity index is 425. The van der Waals surface area contributed by atoms with Gasteiger partial charge in [0.05, 0.1) is 6.42 Å². The van der Waals surface area contributed by atoms with Gasteiger partial charge in [-0.25, -0.2) is 0 Å². The Morgan fingerprint density at radius 1 is 1.35 bits per heavy atom. The van der Waals surface area contributed by atoms with Crippen LogP contribution in [0.4, 0.5) is 0 Å². The Kier molecular flexibility index (Phi) is 8.44. The van der Waals surface area contributed by atoms with Crippen LogP contribution in [0, 0.1) is 3.57 Å². The van der Waals surface area contributed by atoms with Gasteiger partial charge in [-0.2, -0.15) is 0 Å². The van der Waals surface area contributed by atoms with E-state index in [1.807, 2.05) is 18.2 Å². The van der Waals surface area contributed by atoms with Crippen molar-refractivity contribution in [3.05, 3.63) is 33.4 Å². The van der Waals surface area contributed by atoms with Crippen LogP contribution < -0.4 is 10.6 Å². The molecule has 0 spiro atoms. The van der Waals surface area contributed by atoms with E-state index in [1.165, 1.54) is 3.57 Å². The van der Waals surface area contributed by atoms with Gasteiger partial charge < -0.3 is 10.6 Å². The standard InChI is InChI=1S/C14H20IN3O.ClH/c15-13-3-1-2-12(10-13)11-14(19)17-6-9-18-7-4-16-5-8-18;/h1-3,10,16H,4-9,11H2,(H,17,19);1H. The Labute approximate surface area is 140 Å². The molecule has 6 heteroatoms. The first-order chi connectivity index (χ1) is 9.24. The van der Waals surface area contributed by atoms with Gasteiger partial charge in [0.15, 0.2) is 0 Å². The van der Waals surface area contributed by atoms with E-state index in [0.29, 0.717) is 6.42 Å². The molecule has 1 aromatic carbocycles. The molecule has 2 rings (SSSR count). The zero-order valence-corrected chi connectivity index (χ0v) is 14.4. The van der Waals surface area contributed by atoms with E-state index >= 15 is 0 Å². The van der Waals surface area contributed by atoms with Gasteiger partial charge in [-0.1, -0.05) is 12.1 Å². The molecule has 20 heavy (non-hydrogen) atoms. The van der Waals surface area contributed by atoms with Crippen molar-refractivity contribution < 1.29 is 4.79 Å². The zero-order valence-electron chi connectivity index (χ0n) is 11.4. The van der Waals surface area contributed by atoms with Crippen molar-refractivity contribution in [1.29, 1.82) is 0 Å². The molecule has 4 nitrogen and oxygen atoms in total. The minimum atomic E-state index is 0. The number of benzene rings is 1. The van der Waals surface area contributed by atoms with E-state index in [1.54, 1.807) is 0 Å². The topological polar surface area (TPSA) is 44.4 Å². The van der Waals surface area contributed by atoms with Crippen molar-refractivity contribution in [2.24, 2.45) is 0 Å². The Morgan fingerprint density at radius 2 is 2.10 bits per heavy atom. The molecule has 0 unspecified atom stereocenters. The zero-order chi connectivity index (χ0) is 13.5. The third-order valence-electron chi connectivity index (χ3n) is 3.21. The number of hydrogen-bond donors (Lipinski definition) is 2. The van der Waals surface area contributed by atoms with Gasteiger partial charge in [-0.15, -0.1) is 12.4 Å². The maximum Gasteiger partial charge on any atom is 0.224 e. The summed E-state index contributed by atoms with van der Waals surface area (Å²) >= 11 is 2.27. The average molecular weight is 410 g/mol. The minimum Gasteiger partial charge on any atom is -0.355 e. The number of piperazine rings is 1. The molecular weight excluding hydrogens is 389 g/mol. The van der Waals surface area contributed by atoms with Crippen molar-refractivity contribution in [3.63, 3.8) is 0 Å². The second kappa shape index (κ2) is 9.55. The molecule has 0 aromatic heterocycles. The fourth-order valence-corrected chi connectivity index (χ4v) is 2.79. The molecule has 1 saturated heterocycles. The van der Waals surface area contributed by atoms with Gasteiger partial charge in [0, 0.05) is 42.8 Å². The van der Waals surface area contributed by atoms with Crippen LogP contribution in [-0.4, -0.2) is 50.1 Å². The summed E-state index contributed by atoms with van der Waals surface area (Å²) in [4.78, 5) is 14.2. The summed E-state index contributed by atoms with van der Waals surface area (Å²) in [5, 5.41) is 6.32. The first-order valence-corrected chi connectivity index (χ1v) is 7.76. The van der Waals surface area contributed by atoms with Gasteiger partial charge in [0.2, 0.25) is 5.91 Å². The fourth-order valence-electron chi connectivity index (χ4n) is 2.18. The van der Waals surface area contributed by atoms with E-state index in [0.717, 1.165) is 44.8 Å². The monoisotopic (exact) mass is 409 g/mol.